The van der Waals surface area contributed by atoms with Crippen LogP contribution < -0.4 is 20.7 Å². The summed E-state index contributed by atoms with van der Waals surface area (Å²) in [5.41, 5.74) is 2.36. The standard InChI is InChI=1S/C35H43N5O8/c1-20-28(47-27-8-6-7-26(30(20)27)46-24-13-11-23(12-14-24)37-33(43)44)19-40(5)29(41)16-9-21-17-22-10-15-25(32(42)39-31(22)36-18-21)38-34(45)48-35(2,3)4/h6-9,16-18,23-25,37H,10-15,19H2,1-5H3,(H,38,45)(H,43,44)(H,36,39,42)/b16-9+/t23-,24-,25-/m0/s1. The molecule has 13 heteroatoms. The number of ether oxygens (including phenoxy) is 2. The number of likely N-dealkylation sites (N-methyl/N-ethyl adjacent to an activating group) is 1. The minimum atomic E-state index is -1.00. The fourth-order valence-electron chi connectivity index (χ4n) is 5.98. The highest BCUT2D eigenvalue weighted by Crippen LogP contribution is 2.36. The van der Waals surface area contributed by atoms with Gasteiger partial charge in [0.05, 0.1) is 18.0 Å². The van der Waals surface area contributed by atoms with Crippen molar-refractivity contribution in [2.24, 2.45) is 0 Å². The Kier molecular flexibility index (Phi) is 10.3. The third-order valence-corrected chi connectivity index (χ3v) is 8.42. The minimum Gasteiger partial charge on any atom is -0.490 e. The number of fused-ring (bicyclic) bond motifs is 2. The van der Waals surface area contributed by atoms with Gasteiger partial charge in [-0.05, 0) is 102 Å². The molecule has 256 valence electrons. The van der Waals surface area contributed by atoms with Crippen molar-refractivity contribution < 1.29 is 38.2 Å². The van der Waals surface area contributed by atoms with Gasteiger partial charge in [0, 0.05) is 30.9 Å². The molecule has 1 saturated carbocycles. The van der Waals surface area contributed by atoms with Gasteiger partial charge in [-0.2, -0.15) is 0 Å². The number of carbonyl (C=O) groups is 4. The molecule has 0 spiro atoms. The number of nitrogens with zero attached hydrogens (tertiary/aromatic N) is 2. The number of aromatic nitrogens is 1. The van der Waals surface area contributed by atoms with E-state index in [1.807, 2.05) is 31.2 Å². The van der Waals surface area contributed by atoms with Crippen molar-refractivity contribution in [3.8, 4) is 5.75 Å². The second-order valence-electron chi connectivity index (χ2n) is 13.4. The molecule has 4 amide bonds. The van der Waals surface area contributed by atoms with Crippen LogP contribution in [0.1, 0.15) is 75.3 Å². The van der Waals surface area contributed by atoms with Gasteiger partial charge in [0.1, 0.15) is 34.6 Å². The molecule has 0 unspecified atom stereocenters. The van der Waals surface area contributed by atoms with Crippen LogP contribution in [-0.4, -0.2) is 69.8 Å². The van der Waals surface area contributed by atoms with Crippen LogP contribution in [0.3, 0.4) is 0 Å². The quantitative estimate of drug-likeness (QED) is 0.226. The number of aryl methyl sites for hydroxylation is 2. The molecule has 2 aliphatic rings. The fraction of sp³-hybridized carbons (Fsp3) is 0.457. The van der Waals surface area contributed by atoms with Gasteiger partial charge in [0.25, 0.3) is 0 Å². The summed E-state index contributed by atoms with van der Waals surface area (Å²) in [6.07, 6.45) is 6.80. The van der Waals surface area contributed by atoms with Crippen molar-refractivity contribution in [2.45, 2.75) is 96.6 Å². The Labute approximate surface area is 279 Å². The molecule has 3 aromatic rings. The fourth-order valence-corrected chi connectivity index (χ4v) is 5.98. The molecule has 1 fully saturated rings. The Morgan fingerprint density at radius 2 is 1.90 bits per heavy atom. The van der Waals surface area contributed by atoms with Crippen LogP contribution in [0.4, 0.5) is 15.4 Å². The molecule has 1 atom stereocenters. The molecule has 0 bridgehead atoms. The molecule has 0 radical (unpaired) electrons. The van der Waals surface area contributed by atoms with Crippen LogP contribution in [0.15, 0.2) is 41.0 Å². The number of nitrogens with one attached hydrogen (secondary N) is 3. The Balaban J connectivity index is 1.19. The molecule has 3 heterocycles. The van der Waals surface area contributed by atoms with Gasteiger partial charge in [-0.1, -0.05) is 6.07 Å². The lowest BCUT2D eigenvalue weighted by molar-refractivity contribution is -0.125. The molecule has 1 aromatic carbocycles. The van der Waals surface area contributed by atoms with Crippen molar-refractivity contribution in [1.29, 1.82) is 0 Å². The molecule has 1 aliphatic heterocycles. The zero-order chi connectivity index (χ0) is 34.6. The summed E-state index contributed by atoms with van der Waals surface area (Å²) in [4.78, 5) is 54.9. The van der Waals surface area contributed by atoms with Gasteiger partial charge < -0.3 is 39.8 Å². The van der Waals surface area contributed by atoms with E-state index in [0.717, 1.165) is 42.2 Å². The highest BCUT2D eigenvalue weighted by molar-refractivity contribution is 5.97. The third-order valence-electron chi connectivity index (χ3n) is 8.42. The number of rotatable bonds is 8. The van der Waals surface area contributed by atoms with E-state index in [4.69, 9.17) is 19.0 Å². The minimum absolute atomic E-state index is 0.0244. The van der Waals surface area contributed by atoms with Gasteiger partial charge in [-0.15, -0.1) is 0 Å². The van der Waals surface area contributed by atoms with Crippen molar-refractivity contribution in [2.75, 3.05) is 12.4 Å². The average molecular weight is 662 g/mol. The second-order valence-corrected chi connectivity index (χ2v) is 13.4. The molecular weight excluding hydrogens is 618 g/mol. The zero-order valence-electron chi connectivity index (χ0n) is 27.9. The number of hydrogen-bond acceptors (Lipinski definition) is 8. The molecule has 0 saturated heterocycles. The van der Waals surface area contributed by atoms with Gasteiger partial charge >= 0.3 is 12.2 Å². The summed E-state index contributed by atoms with van der Waals surface area (Å²) in [5, 5.41) is 17.8. The number of hydrogen-bond donors (Lipinski definition) is 4. The molecule has 4 N–H and O–H groups in total. The van der Waals surface area contributed by atoms with Crippen LogP contribution in [0.2, 0.25) is 0 Å². The number of anilines is 1. The predicted octanol–water partition coefficient (Wildman–Crippen LogP) is 5.54. The van der Waals surface area contributed by atoms with E-state index in [-0.39, 0.29) is 30.5 Å². The molecule has 48 heavy (non-hydrogen) atoms. The highest BCUT2D eigenvalue weighted by atomic mass is 16.6. The van der Waals surface area contributed by atoms with Crippen LogP contribution in [0.25, 0.3) is 17.0 Å². The predicted molar refractivity (Wildman–Crippen MR) is 179 cm³/mol. The molecular formula is C35H43N5O8. The van der Waals surface area contributed by atoms with E-state index in [0.29, 0.717) is 41.3 Å². The lowest BCUT2D eigenvalue weighted by Crippen LogP contribution is -2.45. The molecule has 13 nitrogen and oxygen atoms in total. The molecule has 1 aliphatic carbocycles. The summed E-state index contributed by atoms with van der Waals surface area (Å²) >= 11 is 0. The monoisotopic (exact) mass is 661 g/mol. The first-order valence-electron chi connectivity index (χ1n) is 16.2. The van der Waals surface area contributed by atoms with Crippen molar-refractivity contribution in [1.82, 2.24) is 20.5 Å². The number of carboxylic acid groups (broad SMARTS) is 1. The van der Waals surface area contributed by atoms with Gasteiger partial charge in [-0.25, -0.2) is 14.6 Å². The number of pyridine rings is 1. The maximum atomic E-state index is 13.1. The number of furan rings is 1. The Morgan fingerprint density at radius 3 is 2.60 bits per heavy atom. The average Bonchev–Trinajstić information content (AvgIpc) is 3.24. The van der Waals surface area contributed by atoms with Crippen LogP contribution in [0.5, 0.6) is 5.75 Å². The summed E-state index contributed by atoms with van der Waals surface area (Å²) < 4.78 is 17.8. The summed E-state index contributed by atoms with van der Waals surface area (Å²) in [5.74, 6) is 1.17. The largest absolute Gasteiger partial charge is 0.490 e. The van der Waals surface area contributed by atoms with E-state index in [1.165, 1.54) is 6.08 Å². The van der Waals surface area contributed by atoms with Gasteiger partial charge in [0.15, 0.2) is 0 Å². The smallest absolute Gasteiger partial charge is 0.408 e. The zero-order valence-corrected chi connectivity index (χ0v) is 27.9. The maximum Gasteiger partial charge on any atom is 0.408 e. The van der Waals surface area contributed by atoms with E-state index >= 15 is 0 Å². The molecule has 5 rings (SSSR count). The normalized spacial score (nSPS) is 19.6. The van der Waals surface area contributed by atoms with Crippen LogP contribution >= 0.6 is 0 Å². The first kappa shape index (κ1) is 34.3. The maximum absolute atomic E-state index is 13.1. The van der Waals surface area contributed by atoms with Crippen LogP contribution in [0, 0.1) is 6.92 Å². The van der Waals surface area contributed by atoms with E-state index in [1.54, 1.807) is 45.0 Å². The lowest BCUT2D eigenvalue weighted by Gasteiger charge is -2.29. The van der Waals surface area contributed by atoms with E-state index in [9.17, 15) is 19.2 Å². The van der Waals surface area contributed by atoms with Crippen molar-refractivity contribution in [3.05, 3.63) is 59.0 Å². The van der Waals surface area contributed by atoms with Crippen molar-refractivity contribution >= 4 is 46.9 Å². The summed E-state index contributed by atoms with van der Waals surface area (Å²) in [7, 11) is 1.70. The Morgan fingerprint density at radius 1 is 1.15 bits per heavy atom. The van der Waals surface area contributed by atoms with Gasteiger partial charge in [0.2, 0.25) is 11.8 Å². The first-order valence-corrected chi connectivity index (χ1v) is 16.2. The number of carbonyl (C=O) groups excluding carboxylic acids is 3. The highest BCUT2D eigenvalue weighted by Gasteiger charge is 2.28. The lowest BCUT2D eigenvalue weighted by atomic mass is 9.93. The number of benzene rings is 1. The Hall–Kier alpha value is -5.07. The topological polar surface area (TPSA) is 172 Å². The van der Waals surface area contributed by atoms with Gasteiger partial charge in [-0.3, -0.25) is 9.59 Å². The van der Waals surface area contributed by atoms with Crippen molar-refractivity contribution in [3.63, 3.8) is 0 Å². The number of amides is 4. The summed E-state index contributed by atoms with van der Waals surface area (Å²) in [6, 6.07) is 6.69. The second kappa shape index (κ2) is 14.4. The molecule has 2 aromatic heterocycles. The SMILES string of the molecule is Cc1c(CN(C)C(=O)/C=C/c2cnc3c(c2)CC[C@H](NC(=O)OC(C)(C)C)C(=O)N3)oc2cccc(O[C@H]3CC[C@H](NC(=O)O)CC3)c12. The third kappa shape index (κ3) is 8.64. The van der Waals surface area contributed by atoms with Crippen LogP contribution in [-0.2, 0) is 27.3 Å². The van der Waals surface area contributed by atoms with E-state index in [2.05, 4.69) is 20.9 Å². The van der Waals surface area contributed by atoms with E-state index < -0.39 is 23.8 Å². The Bertz CT molecular complexity index is 1720. The number of alkyl carbamates (subject to hydrolysis) is 1. The summed E-state index contributed by atoms with van der Waals surface area (Å²) in [6.45, 7) is 7.45. The first-order chi connectivity index (χ1) is 22.8.